The third kappa shape index (κ3) is 5.63. The lowest BCUT2D eigenvalue weighted by Gasteiger charge is -2.22. The Kier molecular flexibility index (Phi) is 6.80. The molecule has 7 nitrogen and oxygen atoms in total. The number of carbonyl (C=O) groups excluding carboxylic acids is 1. The fraction of sp³-hybridized carbons (Fsp3) is 0.286. The molecule has 35 heavy (non-hydrogen) atoms. The van der Waals surface area contributed by atoms with E-state index >= 15 is 0 Å². The molecule has 0 unspecified atom stereocenters. The molecule has 4 N–H and O–H groups in total. The van der Waals surface area contributed by atoms with Crippen molar-refractivity contribution in [2.75, 3.05) is 24.3 Å². The second-order valence-corrected chi connectivity index (χ2v) is 9.98. The van der Waals surface area contributed by atoms with Gasteiger partial charge in [0.15, 0.2) is 0 Å². The molecule has 2 aromatic carbocycles. The van der Waals surface area contributed by atoms with E-state index in [-0.39, 0.29) is 11.4 Å². The van der Waals surface area contributed by atoms with Gasteiger partial charge >= 0.3 is 0 Å². The van der Waals surface area contributed by atoms with Crippen LogP contribution in [0.2, 0.25) is 0 Å². The van der Waals surface area contributed by atoms with Crippen molar-refractivity contribution in [3.8, 4) is 11.3 Å². The van der Waals surface area contributed by atoms with Gasteiger partial charge in [-0.15, -0.1) is 0 Å². The number of hydrogen-bond donors (Lipinski definition) is 3. The van der Waals surface area contributed by atoms with E-state index in [1.165, 1.54) is 0 Å². The molecular weight excluding hydrogens is 436 g/mol. The summed E-state index contributed by atoms with van der Waals surface area (Å²) in [5.74, 6) is 0.756. The largest absolute Gasteiger partial charge is 0.378 e. The molecule has 4 aromatic rings. The van der Waals surface area contributed by atoms with Gasteiger partial charge in [0, 0.05) is 55.7 Å². The van der Waals surface area contributed by atoms with Crippen molar-refractivity contribution in [3.63, 3.8) is 0 Å². The highest BCUT2D eigenvalue weighted by Gasteiger charge is 2.20. The van der Waals surface area contributed by atoms with Gasteiger partial charge in [-0.3, -0.25) is 9.20 Å². The molecule has 2 heterocycles. The Morgan fingerprint density at radius 3 is 2.40 bits per heavy atom. The van der Waals surface area contributed by atoms with Crippen molar-refractivity contribution in [1.29, 1.82) is 0 Å². The fourth-order valence-corrected chi connectivity index (χ4v) is 3.93. The molecule has 0 fully saturated rings. The van der Waals surface area contributed by atoms with E-state index in [2.05, 4.69) is 60.6 Å². The molecule has 0 aliphatic heterocycles. The predicted octanol–water partition coefficient (Wildman–Crippen LogP) is 4.67. The van der Waals surface area contributed by atoms with E-state index < -0.39 is 0 Å². The third-order valence-corrected chi connectivity index (χ3v) is 5.72. The predicted molar refractivity (Wildman–Crippen MR) is 144 cm³/mol. The molecule has 0 aliphatic carbocycles. The van der Waals surface area contributed by atoms with Gasteiger partial charge in [-0.05, 0) is 56.2 Å². The Morgan fingerprint density at radius 1 is 1.03 bits per heavy atom. The number of pyridine rings is 1. The van der Waals surface area contributed by atoms with Crippen molar-refractivity contribution < 1.29 is 4.79 Å². The minimum atomic E-state index is -0.164. The number of imidazole rings is 1. The zero-order chi connectivity index (χ0) is 25.2. The molecule has 0 saturated heterocycles. The standard InChI is InChI=1S/C28H34N6O/c1-28(2,3)32-26-25(21-9-11-23(12-10-21)33(4)5)31-24-16-22(13-14-34(24)26)27(35)30-18-20-8-6-7-19(15-20)17-29/h6-16,32H,17-18,29H2,1-5H3,(H,30,35). The number of benzene rings is 2. The number of rotatable bonds is 7. The van der Waals surface area contributed by atoms with E-state index in [9.17, 15) is 4.79 Å². The lowest BCUT2D eigenvalue weighted by atomic mass is 10.1. The number of nitrogens with zero attached hydrogens (tertiary/aromatic N) is 3. The number of nitrogens with one attached hydrogen (secondary N) is 2. The molecule has 0 bridgehead atoms. The summed E-state index contributed by atoms with van der Waals surface area (Å²) in [6, 6.07) is 19.9. The van der Waals surface area contributed by atoms with E-state index in [4.69, 9.17) is 10.7 Å². The summed E-state index contributed by atoms with van der Waals surface area (Å²) in [5.41, 5.74) is 11.9. The zero-order valence-corrected chi connectivity index (χ0v) is 21.1. The van der Waals surface area contributed by atoms with Crippen LogP contribution in [0.1, 0.15) is 42.3 Å². The lowest BCUT2D eigenvalue weighted by Crippen LogP contribution is -2.27. The topological polar surface area (TPSA) is 87.7 Å². The van der Waals surface area contributed by atoms with Crippen LogP contribution in [0, 0.1) is 0 Å². The molecule has 0 atom stereocenters. The second kappa shape index (κ2) is 9.80. The normalized spacial score (nSPS) is 11.5. The maximum absolute atomic E-state index is 12.9. The van der Waals surface area contributed by atoms with Crippen LogP contribution in [0.5, 0.6) is 0 Å². The minimum Gasteiger partial charge on any atom is -0.378 e. The SMILES string of the molecule is CN(C)c1ccc(-c2nc3cc(C(=O)NCc4cccc(CN)c4)ccn3c2NC(C)(C)C)cc1. The van der Waals surface area contributed by atoms with Crippen LogP contribution < -0.4 is 21.3 Å². The smallest absolute Gasteiger partial charge is 0.251 e. The summed E-state index contributed by atoms with van der Waals surface area (Å²) in [5, 5.41) is 6.60. The zero-order valence-electron chi connectivity index (χ0n) is 21.1. The highest BCUT2D eigenvalue weighted by Crippen LogP contribution is 2.32. The van der Waals surface area contributed by atoms with Crippen LogP contribution in [0.4, 0.5) is 11.5 Å². The Balaban J connectivity index is 1.65. The molecule has 0 radical (unpaired) electrons. The number of hydrogen-bond acceptors (Lipinski definition) is 5. The number of anilines is 2. The highest BCUT2D eigenvalue weighted by atomic mass is 16.1. The molecular formula is C28H34N6O. The summed E-state index contributed by atoms with van der Waals surface area (Å²) < 4.78 is 2.00. The molecule has 0 aliphatic rings. The van der Waals surface area contributed by atoms with Crippen LogP contribution in [-0.4, -0.2) is 34.9 Å². The monoisotopic (exact) mass is 470 g/mol. The van der Waals surface area contributed by atoms with Gasteiger partial charge < -0.3 is 21.3 Å². The number of carbonyl (C=O) groups is 1. The van der Waals surface area contributed by atoms with E-state index in [0.717, 1.165) is 33.9 Å². The van der Waals surface area contributed by atoms with Crippen LogP contribution in [0.25, 0.3) is 16.9 Å². The number of amides is 1. The van der Waals surface area contributed by atoms with Gasteiger partial charge in [-0.1, -0.05) is 36.4 Å². The lowest BCUT2D eigenvalue weighted by molar-refractivity contribution is 0.0951. The Labute approximate surface area is 207 Å². The van der Waals surface area contributed by atoms with E-state index in [1.54, 1.807) is 0 Å². The molecule has 4 rings (SSSR count). The summed E-state index contributed by atoms with van der Waals surface area (Å²) >= 11 is 0. The first-order chi connectivity index (χ1) is 16.6. The first kappa shape index (κ1) is 24.3. The quantitative estimate of drug-likeness (QED) is 0.365. The van der Waals surface area contributed by atoms with Crippen molar-refractivity contribution in [2.45, 2.75) is 39.4 Å². The molecule has 1 amide bonds. The van der Waals surface area contributed by atoms with Gasteiger partial charge in [0.05, 0.1) is 0 Å². The van der Waals surface area contributed by atoms with Crippen molar-refractivity contribution in [2.24, 2.45) is 5.73 Å². The Hall–Kier alpha value is -3.84. The fourth-order valence-electron chi connectivity index (χ4n) is 3.93. The third-order valence-electron chi connectivity index (χ3n) is 5.72. The minimum absolute atomic E-state index is 0.143. The molecule has 2 aromatic heterocycles. The highest BCUT2D eigenvalue weighted by molar-refractivity contribution is 5.95. The first-order valence-electron chi connectivity index (χ1n) is 11.8. The number of aromatic nitrogens is 2. The van der Waals surface area contributed by atoms with E-state index in [1.807, 2.05) is 61.1 Å². The van der Waals surface area contributed by atoms with Gasteiger partial charge in [0.1, 0.15) is 17.2 Å². The van der Waals surface area contributed by atoms with Gasteiger partial charge in [-0.25, -0.2) is 4.98 Å². The van der Waals surface area contributed by atoms with Crippen LogP contribution in [-0.2, 0) is 13.1 Å². The number of nitrogens with two attached hydrogens (primary N) is 1. The average molecular weight is 471 g/mol. The van der Waals surface area contributed by atoms with Crippen LogP contribution in [0.3, 0.4) is 0 Å². The van der Waals surface area contributed by atoms with Gasteiger partial charge in [0.25, 0.3) is 5.91 Å². The maximum Gasteiger partial charge on any atom is 0.251 e. The Bertz CT molecular complexity index is 1330. The maximum atomic E-state index is 12.9. The second-order valence-electron chi connectivity index (χ2n) is 9.98. The van der Waals surface area contributed by atoms with E-state index in [0.29, 0.717) is 24.3 Å². The first-order valence-corrected chi connectivity index (χ1v) is 11.8. The molecule has 182 valence electrons. The summed E-state index contributed by atoms with van der Waals surface area (Å²) in [6.07, 6.45) is 1.90. The van der Waals surface area contributed by atoms with Crippen molar-refractivity contribution >= 4 is 23.1 Å². The van der Waals surface area contributed by atoms with Gasteiger partial charge in [0.2, 0.25) is 0 Å². The van der Waals surface area contributed by atoms with Gasteiger partial charge in [-0.2, -0.15) is 0 Å². The van der Waals surface area contributed by atoms with Crippen LogP contribution in [0.15, 0.2) is 66.9 Å². The average Bonchev–Trinajstić information content (AvgIpc) is 3.18. The molecule has 0 spiro atoms. The molecule has 7 heteroatoms. The Morgan fingerprint density at radius 2 is 1.74 bits per heavy atom. The van der Waals surface area contributed by atoms with Crippen LogP contribution >= 0.6 is 0 Å². The summed E-state index contributed by atoms with van der Waals surface area (Å²) in [7, 11) is 4.04. The van der Waals surface area contributed by atoms with Crippen molar-refractivity contribution in [1.82, 2.24) is 14.7 Å². The van der Waals surface area contributed by atoms with Crippen molar-refractivity contribution in [3.05, 3.63) is 83.6 Å². The number of fused-ring (bicyclic) bond motifs is 1. The summed E-state index contributed by atoms with van der Waals surface area (Å²) in [6.45, 7) is 7.27. The molecule has 0 saturated carbocycles. The summed E-state index contributed by atoms with van der Waals surface area (Å²) in [4.78, 5) is 19.9.